The first-order valence-corrected chi connectivity index (χ1v) is 4.98. The summed E-state index contributed by atoms with van der Waals surface area (Å²) in [4.78, 5) is 11.0. The van der Waals surface area contributed by atoms with Gasteiger partial charge < -0.3 is 29.9 Å². The van der Waals surface area contributed by atoms with E-state index in [2.05, 4.69) is 4.74 Å². The highest BCUT2D eigenvalue weighted by atomic mass is 16.8. The van der Waals surface area contributed by atoms with Gasteiger partial charge in [0.1, 0.15) is 12.2 Å². The molecule has 1 heterocycles. The Morgan fingerprint density at radius 3 is 2.44 bits per heavy atom. The molecule has 0 radical (unpaired) electrons. The summed E-state index contributed by atoms with van der Waals surface area (Å²) in [6.07, 6.45) is -5.94. The van der Waals surface area contributed by atoms with E-state index in [1.807, 2.05) is 0 Å². The molecule has 0 spiro atoms. The molecular formula is C9H16O7. The Bertz CT molecular complexity index is 269. The quantitative estimate of drug-likeness (QED) is 0.326. The predicted octanol–water partition coefficient (Wildman–Crippen LogP) is -1.91. The van der Waals surface area contributed by atoms with Crippen molar-refractivity contribution in [2.75, 3.05) is 0 Å². The lowest BCUT2D eigenvalue weighted by atomic mass is 9.98. The van der Waals surface area contributed by atoms with Crippen molar-refractivity contribution >= 4 is 5.97 Å². The van der Waals surface area contributed by atoms with Crippen LogP contribution in [0, 0.1) is 0 Å². The maximum atomic E-state index is 11.0. The standard InChI is InChI=1S/C9H16O7/c1-3-5(10)16-9(14)8(13)7(12)6(11)4(2)15-9/h4,6-8,11-14H,3H2,1-2H3/t4-,6-,7+,8+,9?/m0/s1. The molecule has 16 heavy (non-hydrogen) atoms. The third-order valence-electron chi connectivity index (χ3n) is 2.43. The zero-order chi connectivity index (χ0) is 12.5. The lowest BCUT2D eigenvalue weighted by Crippen LogP contribution is -2.65. The van der Waals surface area contributed by atoms with Gasteiger partial charge in [0.2, 0.25) is 0 Å². The maximum Gasteiger partial charge on any atom is 0.357 e. The summed E-state index contributed by atoms with van der Waals surface area (Å²) in [7, 11) is 0. The van der Waals surface area contributed by atoms with Gasteiger partial charge in [0.15, 0.2) is 6.10 Å². The number of aliphatic hydroxyl groups is 4. The van der Waals surface area contributed by atoms with Crippen LogP contribution in [0.3, 0.4) is 0 Å². The van der Waals surface area contributed by atoms with E-state index in [0.717, 1.165) is 0 Å². The number of esters is 1. The summed E-state index contributed by atoms with van der Waals surface area (Å²) in [6, 6.07) is 0. The Balaban J connectivity index is 2.82. The molecule has 1 unspecified atom stereocenters. The summed E-state index contributed by atoms with van der Waals surface area (Å²) < 4.78 is 9.30. The molecule has 5 atom stereocenters. The topological polar surface area (TPSA) is 116 Å². The molecule has 0 saturated carbocycles. The van der Waals surface area contributed by atoms with Crippen LogP contribution in [-0.2, 0) is 14.3 Å². The number of aliphatic hydroxyl groups excluding tert-OH is 3. The molecule has 7 heteroatoms. The van der Waals surface area contributed by atoms with Gasteiger partial charge in [0.25, 0.3) is 0 Å². The summed E-state index contributed by atoms with van der Waals surface area (Å²) in [5.41, 5.74) is 0. The van der Waals surface area contributed by atoms with Crippen molar-refractivity contribution in [2.45, 2.75) is 50.7 Å². The molecule has 7 nitrogen and oxygen atoms in total. The lowest BCUT2D eigenvalue weighted by molar-refractivity contribution is -0.430. The van der Waals surface area contributed by atoms with Crippen molar-refractivity contribution in [3.8, 4) is 0 Å². The first kappa shape index (κ1) is 13.3. The summed E-state index contributed by atoms with van der Waals surface area (Å²) >= 11 is 0. The second-order valence-electron chi connectivity index (χ2n) is 3.71. The third-order valence-corrected chi connectivity index (χ3v) is 2.43. The van der Waals surface area contributed by atoms with Crippen molar-refractivity contribution in [1.29, 1.82) is 0 Å². The van der Waals surface area contributed by atoms with Gasteiger partial charge in [-0.2, -0.15) is 0 Å². The molecule has 1 aliphatic rings. The number of hydrogen-bond acceptors (Lipinski definition) is 7. The molecule has 0 aromatic rings. The number of carbonyl (C=O) groups is 1. The Morgan fingerprint density at radius 1 is 1.38 bits per heavy atom. The van der Waals surface area contributed by atoms with E-state index >= 15 is 0 Å². The van der Waals surface area contributed by atoms with Crippen LogP contribution in [0.5, 0.6) is 0 Å². The van der Waals surface area contributed by atoms with Crippen LogP contribution in [0.15, 0.2) is 0 Å². The molecule has 4 N–H and O–H groups in total. The van der Waals surface area contributed by atoms with E-state index in [4.69, 9.17) is 4.74 Å². The normalized spacial score (nSPS) is 44.1. The summed E-state index contributed by atoms with van der Waals surface area (Å²) in [5.74, 6) is -3.41. The number of rotatable bonds is 2. The van der Waals surface area contributed by atoms with Crippen molar-refractivity contribution in [3.63, 3.8) is 0 Å². The molecule has 1 fully saturated rings. The van der Waals surface area contributed by atoms with E-state index in [-0.39, 0.29) is 6.42 Å². The molecule has 0 aromatic carbocycles. The zero-order valence-corrected chi connectivity index (χ0v) is 9.03. The first-order chi connectivity index (χ1) is 7.31. The van der Waals surface area contributed by atoms with Crippen LogP contribution in [0.2, 0.25) is 0 Å². The number of ether oxygens (including phenoxy) is 2. The SMILES string of the molecule is CCC(=O)OC1(O)O[C@@H](C)[C@H](O)[C@@H](O)[C@H]1O. The molecule has 0 bridgehead atoms. The lowest BCUT2D eigenvalue weighted by Gasteiger charge is -2.43. The number of carbonyl (C=O) groups excluding carboxylic acids is 1. The highest BCUT2D eigenvalue weighted by Crippen LogP contribution is 2.29. The van der Waals surface area contributed by atoms with Crippen LogP contribution in [-0.4, -0.2) is 56.8 Å². The molecule has 1 aliphatic heterocycles. The van der Waals surface area contributed by atoms with Crippen molar-refractivity contribution < 1.29 is 34.7 Å². The van der Waals surface area contributed by atoms with E-state index < -0.39 is 36.4 Å². The van der Waals surface area contributed by atoms with E-state index in [1.165, 1.54) is 13.8 Å². The monoisotopic (exact) mass is 236 g/mol. The van der Waals surface area contributed by atoms with E-state index in [1.54, 1.807) is 0 Å². The van der Waals surface area contributed by atoms with Crippen molar-refractivity contribution in [1.82, 2.24) is 0 Å². The fourth-order valence-electron chi connectivity index (χ4n) is 1.41. The number of hydrogen-bond donors (Lipinski definition) is 4. The molecule has 0 aliphatic carbocycles. The minimum atomic E-state index is -2.62. The van der Waals surface area contributed by atoms with Gasteiger partial charge in [-0.25, -0.2) is 0 Å². The molecule has 0 amide bonds. The van der Waals surface area contributed by atoms with Crippen LogP contribution in [0.1, 0.15) is 20.3 Å². The fraction of sp³-hybridized carbons (Fsp3) is 0.889. The highest BCUT2D eigenvalue weighted by Gasteiger charge is 2.54. The second-order valence-corrected chi connectivity index (χ2v) is 3.71. The molecule has 1 saturated heterocycles. The van der Waals surface area contributed by atoms with Crippen LogP contribution >= 0.6 is 0 Å². The minimum absolute atomic E-state index is 0.0224. The fourth-order valence-corrected chi connectivity index (χ4v) is 1.41. The molecular weight excluding hydrogens is 220 g/mol. The van der Waals surface area contributed by atoms with E-state index in [0.29, 0.717) is 0 Å². The van der Waals surface area contributed by atoms with E-state index in [9.17, 15) is 25.2 Å². The Hall–Kier alpha value is -0.730. The van der Waals surface area contributed by atoms with Crippen molar-refractivity contribution in [2.24, 2.45) is 0 Å². The summed E-state index contributed by atoms with van der Waals surface area (Å²) in [6.45, 7) is 2.86. The van der Waals surface area contributed by atoms with Gasteiger partial charge in [0, 0.05) is 6.42 Å². The molecule has 1 rings (SSSR count). The van der Waals surface area contributed by atoms with Gasteiger partial charge >= 0.3 is 11.9 Å². The Morgan fingerprint density at radius 2 is 1.94 bits per heavy atom. The zero-order valence-electron chi connectivity index (χ0n) is 9.03. The highest BCUT2D eigenvalue weighted by molar-refractivity contribution is 5.69. The van der Waals surface area contributed by atoms with Crippen LogP contribution in [0.25, 0.3) is 0 Å². The van der Waals surface area contributed by atoms with Gasteiger partial charge in [-0.1, -0.05) is 6.92 Å². The largest absolute Gasteiger partial charge is 0.406 e. The summed E-state index contributed by atoms with van der Waals surface area (Å²) in [5, 5.41) is 37.9. The van der Waals surface area contributed by atoms with Gasteiger partial charge in [0.05, 0.1) is 6.10 Å². The minimum Gasteiger partial charge on any atom is -0.406 e. The smallest absolute Gasteiger partial charge is 0.357 e. The molecule has 0 aromatic heterocycles. The first-order valence-electron chi connectivity index (χ1n) is 4.98. The third kappa shape index (κ3) is 2.33. The van der Waals surface area contributed by atoms with Crippen molar-refractivity contribution in [3.05, 3.63) is 0 Å². The maximum absolute atomic E-state index is 11.0. The van der Waals surface area contributed by atoms with Crippen LogP contribution in [0.4, 0.5) is 0 Å². The Kier molecular flexibility index (Phi) is 3.87. The van der Waals surface area contributed by atoms with Gasteiger partial charge in [-0.15, -0.1) is 0 Å². The predicted molar refractivity (Wildman–Crippen MR) is 49.9 cm³/mol. The van der Waals surface area contributed by atoms with Gasteiger partial charge in [-0.05, 0) is 6.92 Å². The van der Waals surface area contributed by atoms with Gasteiger partial charge in [-0.3, -0.25) is 4.79 Å². The average Bonchev–Trinajstić information content (AvgIpc) is 2.23. The molecule has 94 valence electrons. The Labute approximate surface area is 92.2 Å². The van der Waals surface area contributed by atoms with Crippen LogP contribution < -0.4 is 0 Å². The second kappa shape index (κ2) is 4.64. The average molecular weight is 236 g/mol.